The normalized spacial score (nSPS) is 16.0. The van der Waals surface area contributed by atoms with Gasteiger partial charge in [0.1, 0.15) is 18.1 Å². The van der Waals surface area contributed by atoms with E-state index in [0.717, 1.165) is 0 Å². The van der Waals surface area contributed by atoms with Gasteiger partial charge < -0.3 is 37.6 Å². The molecule has 12 nitrogen and oxygen atoms in total. The molecule has 0 spiro atoms. The zero-order valence-corrected chi connectivity index (χ0v) is 18.0. The van der Waals surface area contributed by atoms with E-state index < -0.39 is 59.9 Å². The number of carbonyl (C=O) groups is 5. The second kappa shape index (κ2) is 13.0. The Kier molecular flexibility index (Phi) is 12.0. The molecule has 5 atom stereocenters. The summed E-state index contributed by atoms with van der Waals surface area (Å²) < 4.78 is 0. The van der Waals surface area contributed by atoms with Gasteiger partial charge in [0.15, 0.2) is 0 Å². The van der Waals surface area contributed by atoms with Crippen molar-refractivity contribution < 1.29 is 34.2 Å². The monoisotopic (exact) mass is 449 g/mol. The lowest BCUT2D eigenvalue weighted by Crippen LogP contribution is -2.60. The minimum Gasteiger partial charge on any atom is -0.480 e. The summed E-state index contributed by atoms with van der Waals surface area (Å²) >= 11 is 3.97. The van der Waals surface area contributed by atoms with E-state index in [4.69, 9.17) is 16.6 Å². The van der Waals surface area contributed by atoms with Gasteiger partial charge in [-0.1, -0.05) is 13.8 Å². The number of amides is 4. The summed E-state index contributed by atoms with van der Waals surface area (Å²) in [6.07, 6.45) is -1.80. The third-order valence-electron chi connectivity index (χ3n) is 4.19. The van der Waals surface area contributed by atoms with E-state index in [1.165, 1.54) is 6.92 Å². The molecule has 0 aromatic rings. The van der Waals surface area contributed by atoms with Crippen molar-refractivity contribution >= 4 is 42.2 Å². The van der Waals surface area contributed by atoms with Crippen LogP contribution in [0.1, 0.15) is 33.6 Å². The van der Waals surface area contributed by atoms with Crippen LogP contribution in [0.15, 0.2) is 0 Å². The van der Waals surface area contributed by atoms with Gasteiger partial charge in [0, 0.05) is 12.2 Å². The predicted molar refractivity (Wildman–Crippen MR) is 110 cm³/mol. The summed E-state index contributed by atoms with van der Waals surface area (Å²) in [5.41, 5.74) is 10.7. The Morgan fingerprint density at radius 3 is 1.87 bits per heavy atom. The average molecular weight is 450 g/mol. The highest BCUT2D eigenvalue weighted by Gasteiger charge is 2.32. The molecule has 0 aliphatic rings. The topological polar surface area (TPSA) is 214 Å². The van der Waals surface area contributed by atoms with Crippen LogP contribution in [0.4, 0.5) is 0 Å². The lowest BCUT2D eigenvalue weighted by Gasteiger charge is -2.26. The SMILES string of the molecule is CC(C)C(N)C(=O)NC(C(=O)NC(CS)C(=O)NC(CCC(N)=O)C(=O)O)C(C)O. The summed E-state index contributed by atoms with van der Waals surface area (Å²) in [5.74, 6) is -4.94. The van der Waals surface area contributed by atoms with E-state index in [1.807, 2.05) is 0 Å². The van der Waals surface area contributed by atoms with Gasteiger partial charge in [0.25, 0.3) is 0 Å². The smallest absolute Gasteiger partial charge is 0.326 e. The molecular formula is C17H31N5O7S. The number of carboxylic acids is 1. The van der Waals surface area contributed by atoms with Gasteiger partial charge in [-0.25, -0.2) is 4.79 Å². The van der Waals surface area contributed by atoms with Gasteiger partial charge in [-0.15, -0.1) is 0 Å². The summed E-state index contributed by atoms with van der Waals surface area (Å²) in [4.78, 5) is 59.1. The molecule has 0 saturated carbocycles. The van der Waals surface area contributed by atoms with Crippen molar-refractivity contribution in [2.45, 2.75) is 63.9 Å². The number of hydrogen-bond acceptors (Lipinski definition) is 8. The van der Waals surface area contributed by atoms with Crippen LogP contribution >= 0.6 is 12.6 Å². The maximum Gasteiger partial charge on any atom is 0.326 e. The number of aliphatic hydroxyl groups excluding tert-OH is 1. The minimum atomic E-state index is -1.40. The Labute approximate surface area is 179 Å². The van der Waals surface area contributed by atoms with Gasteiger partial charge in [-0.05, 0) is 19.3 Å². The lowest BCUT2D eigenvalue weighted by molar-refractivity contribution is -0.142. The fraction of sp³-hybridized carbons (Fsp3) is 0.706. The molecule has 13 heteroatoms. The number of hydrogen-bond donors (Lipinski definition) is 8. The van der Waals surface area contributed by atoms with Crippen molar-refractivity contribution in [3.8, 4) is 0 Å². The highest BCUT2D eigenvalue weighted by atomic mass is 32.1. The van der Waals surface area contributed by atoms with Crippen LogP contribution < -0.4 is 27.4 Å². The number of primary amides is 1. The first-order valence-corrected chi connectivity index (χ1v) is 9.91. The lowest BCUT2D eigenvalue weighted by atomic mass is 10.0. The molecule has 0 aliphatic carbocycles. The number of nitrogens with two attached hydrogens (primary N) is 2. The van der Waals surface area contributed by atoms with E-state index in [9.17, 15) is 29.1 Å². The highest BCUT2D eigenvalue weighted by Crippen LogP contribution is 2.03. The molecule has 5 unspecified atom stereocenters. The largest absolute Gasteiger partial charge is 0.480 e. The van der Waals surface area contributed by atoms with Crippen LogP contribution in [0.2, 0.25) is 0 Å². The molecular weight excluding hydrogens is 418 g/mol. The second-order valence-corrected chi connectivity index (χ2v) is 7.51. The minimum absolute atomic E-state index is 0.203. The number of aliphatic carboxylic acids is 1. The maximum atomic E-state index is 12.5. The molecule has 30 heavy (non-hydrogen) atoms. The highest BCUT2D eigenvalue weighted by molar-refractivity contribution is 7.80. The summed E-state index contributed by atoms with van der Waals surface area (Å²) in [5, 5.41) is 25.8. The molecule has 9 N–H and O–H groups in total. The van der Waals surface area contributed by atoms with E-state index >= 15 is 0 Å². The van der Waals surface area contributed by atoms with Crippen molar-refractivity contribution in [2.24, 2.45) is 17.4 Å². The summed E-state index contributed by atoms with van der Waals surface area (Å²) in [7, 11) is 0. The number of aliphatic hydroxyl groups is 1. The molecule has 0 aromatic heterocycles. The number of rotatable bonds is 13. The Morgan fingerprint density at radius 1 is 0.933 bits per heavy atom. The van der Waals surface area contributed by atoms with Crippen LogP contribution in [0.5, 0.6) is 0 Å². The van der Waals surface area contributed by atoms with Gasteiger partial charge in [0.2, 0.25) is 23.6 Å². The van der Waals surface area contributed by atoms with Crippen LogP contribution in [-0.2, 0) is 24.0 Å². The molecule has 0 aliphatic heterocycles. The van der Waals surface area contributed by atoms with Gasteiger partial charge >= 0.3 is 5.97 Å². The first kappa shape index (κ1) is 27.6. The van der Waals surface area contributed by atoms with Crippen molar-refractivity contribution in [1.29, 1.82) is 0 Å². The van der Waals surface area contributed by atoms with Crippen LogP contribution in [0.3, 0.4) is 0 Å². The molecule has 0 bridgehead atoms. The fourth-order valence-electron chi connectivity index (χ4n) is 2.23. The van der Waals surface area contributed by atoms with Gasteiger partial charge in [0.05, 0.1) is 12.1 Å². The van der Waals surface area contributed by atoms with Crippen LogP contribution in [-0.4, -0.2) is 75.8 Å². The van der Waals surface area contributed by atoms with E-state index in [0.29, 0.717) is 0 Å². The van der Waals surface area contributed by atoms with Crippen molar-refractivity contribution in [2.75, 3.05) is 5.75 Å². The van der Waals surface area contributed by atoms with Crippen LogP contribution in [0, 0.1) is 5.92 Å². The quantitative estimate of drug-likeness (QED) is 0.136. The number of thiol groups is 1. The number of carboxylic acid groups (broad SMARTS) is 1. The fourth-order valence-corrected chi connectivity index (χ4v) is 2.49. The first-order chi connectivity index (χ1) is 13.8. The van der Waals surface area contributed by atoms with Crippen LogP contribution in [0.25, 0.3) is 0 Å². The maximum absolute atomic E-state index is 12.5. The Bertz CT molecular complexity index is 644. The zero-order valence-electron chi connectivity index (χ0n) is 17.1. The molecule has 0 rings (SSSR count). The standard InChI is InChI=1S/C17H31N5O7S/c1-7(2)12(19)15(26)22-13(8(3)23)16(27)21-10(6-30)14(25)20-9(17(28)29)4-5-11(18)24/h7-10,12-13,23,30H,4-6,19H2,1-3H3,(H2,18,24)(H,20,25)(H,21,27)(H,22,26)(H,28,29). The van der Waals surface area contributed by atoms with Crippen molar-refractivity contribution in [1.82, 2.24) is 16.0 Å². The van der Waals surface area contributed by atoms with Gasteiger partial charge in [-0.3, -0.25) is 19.2 Å². The Morgan fingerprint density at radius 2 is 1.47 bits per heavy atom. The van der Waals surface area contributed by atoms with E-state index in [1.54, 1.807) is 13.8 Å². The van der Waals surface area contributed by atoms with E-state index in [2.05, 4.69) is 28.6 Å². The molecule has 0 heterocycles. The van der Waals surface area contributed by atoms with Gasteiger partial charge in [-0.2, -0.15) is 12.6 Å². The predicted octanol–water partition coefficient (Wildman–Crippen LogP) is -2.92. The third kappa shape index (κ3) is 9.41. The Balaban J connectivity index is 5.17. The first-order valence-electron chi connectivity index (χ1n) is 9.28. The number of nitrogens with one attached hydrogen (secondary N) is 3. The molecule has 0 fully saturated rings. The second-order valence-electron chi connectivity index (χ2n) is 7.14. The third-order valence-corrected chi connectivity index (χ3v) is 4.56. The molecule has 0 radical (unpaired) electrons. The Hall–Kier alpha value is -2.38. The summed E-state index contributed by atoms with van der Waals surface area (Å²) in [6.45, 7) is 4.69. The average Bonchev–Trinajstić information content (AvgIpc) is 2.65. The van der Waals surface area contributed by atoms with E-state index in [-0.39, 0.29) is 24.5 Å². The molecule has 172 valence electrons. The number of carbonyl (C=O) groups excluding carboxylic acids is 4. The summed E-state index contributed by atoms with van der Waals surface area (Å²) in [6, 6.07) is -4.99. The van der Waals surface area contributed by atoms with Crippen molar-refractivity contribution in [3.63, 3.8) is 0 Å². The molecule has 0 aromatic carbocycles. The van der Waals surface area contributed by atoms with Crippen molar-refractivity contribution in [3.05, 3.63) is 0 Å². The molecule has 0 saturated heterocycles. The zero-order chi connectivity index (χ0) is 23.6. The molecule has 4 amide bonds.